The second-order valence-corrected chi connectivity index (χ2v) is 5.35. The van der Waals surface area contributed by atoms with E-state index in [0.717, 1.165) is 3.57 Å². The van der Waals surface area contributed by atoms with E-state index in [1.807, 2.05) is 6.07 Å². The second kappa shape index (κ2) is 7.07. The predicted molar refractivity (Wildman–Crippen MR) is 88.9 cm³/mol. The molecule has 5 nitrogen and oxygen atoms in total. The Morgan fingerprint density at radius 3 is 2.81 bits per heavy atom. The van der Waals surface area contributed by atoms with Crippen LogP contribution in [0.4, 0.5) is 0 Å². The van der Waals surface area contributed by atoms with Gasteiger partial charge >= 0.3 is 0 Å². The number of hydrogen-bond acceptors (Lipinski definition) is 4. The van der Waals surface area contributed by atoms with Crippen LogP contribution in [-0.2, 0) is 0 Å². The summed E-state index contributed by atoms with van der Waals surface area (Å²) in [6, 6.07) is 12.2. The van der Waals surface area contributed by atoms with Gasteiger partial charge in [-0.3, -0.25) is 4.79 Å². The van der Waals surface area contributed by atoms with Gasteiger partial charge in [-0.15, -0.1) is 0 Å². The summed E-state index contributed by atoms with van der Waals surface area (Å²) < 4.78 is 5.96. The smallest absolute Gasteiger partial charge is 0.271 e. The highest BCUT2D eigenvalue weighted by Crippen LogP contribution is 2.27. The number of methoxy groups -OCH3 is 1. The Balaban J connectivity index is 2.07. The van der Waals surface area contributed by atoms with Crippen molar-refractivity contribution < 1.29 is 14.6 Å². The van der Waals surface area contributed by atoms with E-state index in [4.69, 9.17) is 4.74 Å². The van der Waals surface area contributed by atoms with E-state index < -0.39 is 0 Å². The van der Waals surface area contributed by atoms with Crippen molar-refractivity contribution in [3.05, 3.63) is 57.2 Å². The van der Waals surface area contributed by atoms with Crippen molar-refractivity contribution in [2.45, 2.75) is 0 Å². The van der Waals surface area contributed by atoms with E-state index in [9.17, 15) is 9.90 Å². The Hall–Kier alpha value is -2.09. The number of hydrazone groups is 1. The lowest BCUT2D eigenvalue weighted by atomic mass is 10.2. The minimum Gasteiger partial charge on any atom is -0.504 e. The molecule has 0 bridgehead atoms. The molecule has 2 N–H and O–H groups in total. The first kappa shape index (κ1) is 15.3. The van der Waals surface area contributed by atoms with Crippen LogP contribution < -0.4 is 10.2 Å². The lowest BCUT2D eigenvalue weighted by Crippen LogP contribution is -2.17. The Kier molecular flexibility index (Phi) is 5.15. The number of aromatic hydroxyl groups is 1. The number of hydrogen-bond donors (Lipinski definition) is 2. The summed E-state index contributed by atoms with van der Waals surface area (Å²) in [5.74, 6) is 0.0160. The van der Waals surface area contributed by atoms with Crippen LogP contribution in [-0.4, -0.2) is 24.3 Å². The maximum Gasteiger partial charge on any atom is 0.271 e. The van der Waals surface area contributed by atoms with Gasteiger partial charge in [0, 0.05) is 14.7 Å². The van der Waals surface area contributed by atoms with Gasteiger partial charge in [0.15, 0.2) is 11.5 Å². The average molecular weight is 396 g/mol. The normalized spacial score (nSPS) is 10.6. The van der Waals surface area contributed by atoms with E-state index >= 15 is 0 Å². The SMILES string of the molecule is COc1cccc(/C=N\NC(=O)c2cccc(I)c2)c1O. The molecular formula is C15H13IN2O3. The van der Waals surface area contributed by atoms with Crippen molar-refractivity contribution >= 4 is 34.7 Å². The molecule has 6 heteroatoms. The molecule has 0 saturated carbocycles. The largest absolute Gasteiger partial charge is 0.504 e. The Labute approximate surface area is 135 Å². The summed E-state index contributed by atoms with van der Waals surface area (Å²) >= 11 is 2.13. The van der Waals surface area contributed by atoms with Crippen LogP contribution in [0.5, 0.6) is 11.5 Å². The second-order valence-electron chi connectivity index (χ2n) is 4.11. The number of nitrogens with one attached hydrogen (secondary N) is 1. The predicted octanol–water partition coefficient (Wildman–Crippen LogP) is 2.77. The third-order valence-electron chi connectivity index (χ3n) is 2.71. The first-order valence-corrected chi connectivity index (χ1v) is 7.14. The molecule has 2 aromatic rings. The zero-order valence-electron chi connectivity index (χ0n) is 11.2. The molecule has 0 unspecified atom stereocenters. The number of amides is 1. The van der Waals surface area contributed by atoms with Gasteiger partial charge in [0.05, 0.1) is 13.3 Å². The minimum absolute atomic E-state index is 0.0211. The van der Waals surface area contributed by atoms with Gasteiger partial charge in [0.25, 0.3) is 5.91 Å². The Morgan fingerprint density at radius 1 is 1.33 bits per heavy atom. The zero-order valence-corrected chi connectivity index (χ0v) is 13.4. The maximum absolute atomic E-state index is 11.9. The lowest BCUT2D eigenvalue weighted by molar-refractivity contribution is 0.0955. The molecule has 0 aliphatic rings. The van der Waals surface area contributed by atoms with Crippen LogP contribution in [0.25, 0.3) is 0 Å². The van der Waals surface area contributed by atoms with Crippen LogP contribution >= 0.6 is 22.6 Å². The number of phenols is 1. The third kappa shape index (κ3) is 3.94. The van der Waals surface area contributed by atoms with Gasteiger partial charge in [-0.1, -0.05) is 12.1 Å². The summed E-state index contributed by atoms with van der Waals surface area (Å²) in [4.78, 5) is 11.9. The number of rotatable bonds is 4. The highest BCUT2D eigenvalue weighted by Gasteiger charge is 2.06. The van der Waals surface area contributed by atoms with Crippen LogP contribution in [0.3, 0.4) is 0 Å². The summed E-state index contributed by atoms with van der Waals surface area (Å²) in [7, 11) is 1.47. The summed E-state index contributed by atoms with van der Waals surface area (Å²) in [5.41, 5.74) is 3.39. The van der Waals surface area contributed by atoms with Crippen LogP contribution in [0.1, 0.15) is 15.9 Å². The van der Waals surface area contributed by atoms with Crippen LogP contribution in [0.15, 0.2) is 47.6 Å². The van der Waals surface area contributed by atoms with Gasteiger partial charge in [-0.25, -0.2) is 5.43 Å². The molecule has 2 aromatic carbocycles. The molecular weight excluding hydrogens is 383 g/mol. The van der Waals surface area contributed by atoms with Crippen LogP contribution in [0, 0.1) is 3.57 Å². The average Bonchev–Trinajstić information content (AvgIpc) is 2.49. The standard InChI is InChI=1S/C15H13IN2O3/c1-21-13-7-3-5-11(14(13)19)9-17-18-15(20)10-4-2-6-12(16)8-10/h2-9,19H,1H3,(H,18,20)/b17-9-. The van der Waals surface area contributed by atoms with Crippen molar-refractivity contribution in [1.29, 1.82) is 0 Å². The fourth-order valence-electron chi connectivity index (χ4n) is 1.66. The van der Waals surface area contributed by atoms with Crippen molar-refractivity contribution in [2.75, 3.05) is 7.11 Å². The lowest BCUT2D eigenvalue weighted by Gasteiger charge is -2.05. The monoisotopic (exact) mass is 396 g/mol. The zero-order chi connectivity index (χ0) is 15.2. The molecule has 0 heterocycles. The number of nitrogens with zero attached hydrogens (tertiary/aromatic N) is 1. The molecule has 0 atom stereocenters. The fourth-order valence-corrected chi connectivity index (χ4v) is 2.21. The molecule has 2 rings (SSSR count). The molecule has 0 aliphatic heterocycles. The number of ether oxygens (including phenoxy) is 1. The van der Waals surface area contributed by atoms with Gasteiger partial charge < -0.3 is 9.84 Å². The molecule has 1 amide bonds. The maximum atomic E-state index is 11.9. The quantitative estimate of drug-likeness (QED) is 0.475. The van der Waals surface area contributed by atoms with Crippen molar-refractivity contribution in [3.8, 4) is 11.5 Å². The molecule has 0 aromatic heterocycles. The first-order chi connectivity index (χ1) is 10.1. The van der Waals surface area contributed by atoms with E-state index in [1.165, 1.54) is 13.3 Å². The highest BCUT2D eigenvalue weighted by molar-refractivity contribution is 14.1. The van der Waals surface area contributed by atoms with E-state index in [0.29, 0.717) is 16.9 Å². The molecule has 0 aliphatic carbocycles. The number of halogens is 1. The number of para-hydroxylation sites is 1. The summed E-state index contributed by atoms with van der Waals surface area (Å²) in [6.45, 7) is 0. The number of carbonyl (C=O) groups is 1. The molecule has 0 radical (unpaired) electrons. The van der Waals surface area contributed by atoms with Crippen molar-refractivity contribution in [1.82, 2.24) is 5.43 Å². The van der Waals surface area contributed by atoms with Gasteiger partial charge in [0.1, 0.15) is 0 Å². The fraction of sp³-hybridized carbons (Fsp3) is 0.0667. The van der Waals surface area contributed by atoms with E-state index in [-0.39, 0.29) is 11.7 Å². The third-order valence-corrected chi connectivity index (χ3v) is 3.38. The Morgan fingerprint density at radius 2 is 2.10 bits per heavy atom. The first-order valence-electron chi connectivity index (χ1n) is 6.06. The molecule has 0 saturated heterocycles. The highest BCUT2D eigenvalue weighted by atomic mass is 127. The van der Waals surface area contributed by atoms with Crippen molar-refractivity contribution in [3.63, 3.8) is 0 Å². The van der Waals surface area contributed by atoms with Crippen LogP contribution in [0.2, 0.25) is 0 Å². The Bertz CT molecular complexity index is 686. The molecule has 21 heavy (non-hydrogen) atoms. The van der Waals surface area contributed by atoms with E-state index in [2.05, 4.69) is 33.1 Å². The van der Waals surface area contributed by atoms with Gasteiger partial charge in [-0.2, -0.15) is 5.10 Å². The van der Waals surface area contributed by atoms with Crippen molar-refractivity contribution in [2.24, 2.45) is 5.10 Å². The molecule has 0 fully saturated rings. The van der Waals surface area contributed by atoms with E-state index in [1.54, 1.807) is 36.4 Å². The topological polar surface area (TPSA) is 70.9 Å². The molecule has 0 spiro atoms. The summed E-state index contributed by atoms with van der Waals surface area (Å²) in [5, 5.41) is 13.7. The number of benzene rings is 2. The van der Waals surface area contributed by atoms with Gasteiger partial charge in [0.2, 0.25) is 0 Å². The minimum atomic E-state index is -0.313. The van der Waals surface area contributed by atoms with Gasteiger partial charge in [-0.05, 0) is 52.9 Å². The molecule has 108 valence electrons. The number of phenolic OH excluding ortho intramolecular Hbond substituents is 1. The summed E-state index contributed by atoms with van der Waals surface area (Å²) in [6.07, 6.45) is 1.36. The number of carbonyl (C=O) groups excluding carboxylic acids is 1.